The number of carbonyl (C=O) groups is 2. The van der Waals surface area contributed by atoms with Gasteiger partial charge in [-0.1, -0.05) is 12.1 Å². The van der Waals surface area contributed by atoms with E-state index in [1.807, 2.05) is 24.3 Å². The van der Waals surface area contributed by atoms with E-state index >= 15 is 0 Å². The monoisotopic (exact) mass is 455 g/mol. The molecule has 1 aromatic heterocycles. The lowest BCUT2D eigenvalue weighted by Crippen LogP contribution is -2.16. The molecule has 0 bridgehead atoms. The molecular weight excluding hydrogens is 430 g/mol. The molecule has 2 aromatic carbocycles. The summed E-state index contributed by atoms with van der Waals surface area (Å²) in [5, 5.41) is 20.7. The van der Waals surface area contributed by atoms with Gasteiger partial charge in [-0.3, -0.25) is 4.57 Å². The molecule has 2 N–H and O–H groups in total. The average molecular weight is 455 g/mol. The van der Waals surface area contributed by atoms with Gasteiger partial charge in [0.2, 0.25) is 0 Å². The van der Waals surface area contributed by atoms with Crippen LogP contribution >= 0.6 is 0 Å². The highest BCUT2D eigenvalue weighted by Gasteiger charge is 2.33. The van der Waals surface area contributed by atoms with Crippen molar-refractivity contribution in [2.75, 3.05) is 20.3 Å². The molecule has 0 aliphatic carbocycles. The van der Waals surface area contributed by atoms with Crippen LogP contribution in [-0.4, -0.2) is 47.0 Å². The standard InChI is InChI=1S/C24H25NO8/c1-4-31-23(28)19-21(26)22(27)20(24(29)32-5-2)25(19)16-8-12-18(13-9-16)33-14-15-6-10-17(30-3)11-7-15/h6-13,26-27H,4-5,14H2,1-3H3. The highest BCUT2D eigenvalue weighted by Crippen LogP contribution is 2.39. The summed E-state index contributed by atoms with van der Waals surface area (Å²) in [5.74, 6) is -2.06. The maximum Gasteiger partial charge on any atom is 0.359 e. The van der Waals surface area contributed by atoms with E-state index in [-0.39, 0.29) is 24.6 Å². The molecule has 0 unspecified atom stereocenters. The first-order chi connectivity index (χ1) is 15.9. The van der Waals surface area contributed by atoms with Crippen LogP contribution in [0.15, 0.2) is 48.5 Å². The first kappa shape index (κ1) is 23.5. The minimum absolute atomic E-state index is 0.0388. The third-order valence-electron chi connectivity index (χ3n) is 4.72. The van der Waals surface area contributed by atoms with Gasteiger partial charge in [-0.2, -0.15) is 0 Å². The molecule has 0 radical (unpaired) electrons. The maximum atomic E-state index is 12.5. The molecule has 0 saturated carbocycles. The Hall–Kier alpha value is -4.14. The molecule has 0 aliphatic rings. The first-order valence-electron chi connectivity index (χ1n) is 10.3. The lowest BCUT2D eigenvalue weighted by atomic mass is 10.2. The largest absolute Gasteiger partial charge is 0.503 e. The number of aromatic hydroxyl groups is 2. The highest BCUT2D eigenvalue weighted by molar-refractivity contribution is 6.00. The molecule has 3 aromatic rings. The SMILES string of the molecule is CCOC(=O)c1c(O)c(O)c(C(=O)OCC)n1-c1ccc(OCc2ccc(OC)cc2)cc1. The Labute approximate surface area is 190 Å². The molecule has 9 nitrogen and oxygen atoms in total. The fourth-order valence-electron chi connectivity index (χ4n) is 3.16. The zero-order valence-electron chi connectivity index (χ0n) is 18.5. The number of aromatic nitrogens is 1. The Kier molecular flexibility index (Phi) is 7.45. The highest BCUT2D eigenvalue weighted by atomic mass is 16.5. The van der Waals surface area contributed by atoms with Gasteiger partial charge in [-0.25, -0.2) is 9.59 Å². The number of esters is 2. The van der Waals surface area contributed by atoms with Crippen LogP contribution in [0.4, 0.5) is 0 Å². The Balaban J connectivity index is 1.92. The minimum Gasteiger partial charge on any atom is -0.503 e. The van der Waals surface area contributed by atoms with Gasteiger partial charge in [0.05, 0.1) is 20.3 Å². The molecule has 0 atom stereocenters. The minimum atomic E-state index is -0.902. The fourth-order valence-corrected chi connectivity index (χ4v) is 3.16. The van der Waals surface area contributed by atoms with Gasteiger partial charge >= 0.3 is 11.9 Å². The normalized spacial score (nSPS) is 10.5. The molecule has 0 aliphatic heterocycles. The van der Waals surface area contributed by atoms with Gasteiger partial charge in [-0.15, -0.1) is 0 Å². The Bertz CT molecular complexity index is 1080. The third-order valence-corrected chi connectivity index (χ3v) is 4.72. The van der Waals surface area contributed by atoms with Gasteiger partial charge in [0.25, 0.3) is 0 Å². The quantitative estimate of drug-likeness (QED) is 0.468. The molecular formula is C24H25NO8. The van der Waals surface area contributed by atoms with E-state index < -0.39 is 23.4 Å². The van der Waals surface area contributed by atoms with Crippen molar-refractivity contribution in [2.45, 2.75) is 20.5 Å². The smallest absolute Gasteiger partial charge is 0.359 e. The maximum absolute atomic E-state index is 12.5. The summed E-state index contributed by atoms with van der Waals surface area (Å²) in [6, 6.07) is 13.9. The second-order valence-electron chi connectivity index (χ2n) is 6.80. The van der Waals surface area contributed by atoms with Crippen LogP contribution in [0.25, 0.3) is 5.69 Å². The number of carbonyl (C=O) groups excluding carboxylic acids is 2. The predicted octanol–water partition coefficient (Wildman–Crippen LogP) is 3.83. The lowest BCUT2D eigenvalue weighted by Gasteiger charge is -2.13. The van der Waals surface area contributed by atoms with E-state index in [0.29, 0.717) is 18.0 Å². The van der Waals surface area contributed by atoms with Crippen molar-refractivity contribution in [3.05, 3.63) is 65.5 Å². The third kappa shape index (κ3) is 5.03. The van der Waals surface area contributed by atoms with Gasteiger partial charge < -0.3 is 29.2 Å². The summed E-state index contributed by atoms with van der Waals surface area (Å²) >= 11 is 0. The lowest BCUT2D eigenvalue weighted by molar-refractivity contribution is 0.0507. The van der Waals surface area contributed by atoms with E-state index in [1.165, 1.54) is 0 Å². The Morgan fingerprint density at radius 1 is 0.788 bits per heavy atom. The number of nitrogens with zero attached hydrogens (tertiary/aromatic N) is 1. The number of methoxy groups -OCH3 is 1. The zero-order valence-corrected chi connectivity index (χ0v) is 18.5. The second-order valence-corrected chi connectivity index (χ2v) is 6.80. The average Bonchev–Trinajstić information content (AvgIpc) is 3.09. The first-order valence-corrected chi connectivity index (χ1v) is 10.3. The van der Waals surface area contributed by atoms with Crippen molar-refractivity contribution in [1.29, 1.82) is 0 Å². The van der Waals surface area contributed by atoms with Crippen LogP contribution in [0.1, 0.15) is 40.4 Å². The van der Waals surface area contributed by atoms with Crippen molar-refractivity contribution >= 4 is 11.9 Å². The van der Waals surface area contributed by atoms with Crippen LogP contribution in [0, 0.1) is 0 Å². The predicted molar refractivity (Wildman–Crippen MR) is 118 cm³/mol. The van der Waals surface area contributed by atoms with E-state index in [4.69, 9.17) is 18.9 Å². The van der Waals surface area contributed by atoms with Crippen LogP contribution in [0.5, 0.6) is 23.0 Å². The second kappa shape index (κ2) is 10.4. The Morgan fingerprint density at radius 3 is 1.73 bits per heavy atom. The van der Waals surface area contributed by atoms with Gasteiger partial charge in [0.15, 0.2) is 22.9 Å². The number of rotatable bonds is 9. The van der Waals surface area contributed by atoms with Gasteiger partial charge in [-0.05, 0) is 55.8 Å². The van der Waals surface area contributed by atoms with Crippen LogP contribution in [0.2, 0.25) is 0 Å². The number of hydrogen-bond donors (Lipinski definition) is 2. The van der Waals surface area contributed by atoms with E-state index in [2.05, 4.69) is 0 Å². The molecule has 9 heteroatoms. The van der Waals surface area contributed by atoms with Gasteiger partial charge in [0, 0.05) is 5.69 Å². The molecule has 0 fully saturated rings. The zero-order chi connectivity index (χ0) is 24.0. The van der Waals surface area contributed by atoms with Crippen LogP contribution < -0.4 is 9.47 Å². The summed E-state index contributed by atoms with van der Waals surface area (Å²) in [6.45, 7) is 3.59. The van der Waals surface area contributed by atoms with Crippen molar-refractivity contribution in [3.63, 3.8) is 0 Å². The van der Waals surface area contributed by atoms with Crippen molar-refractivity contribution in [2.24, 2.45) is 0 Å². The van der Waals surface area contributed by atoms with E-state index in [1.54, 1.807) is 45.2 Å². The molecule has 174 valence electrons. The van der Waals surface area contributed by atoms with Crippen LogP contribution in [0.3, 0.4) is 0 Å². The molecule has 33 heavy (non-hydrogen) atoms. The van der Waals surface area contributed by atoms with E-state index in [0.717, 1.165) is 15.9 Å². The fraction of sp³-hybridized carbons (Fsp3) is 0.250. The van der Waals surface area contributed by atoms with Gasteiger partial charge in [0.1, 0.15) is 18.1 Å². The van der Waals surface area contributed by atoms with Crippen molar-refractivity contribution in [3.8, 4) is 28.7 Å². The van der Waals surface area contributed by atoms with Crippen LogP contribution in [-0.2, 0) is 16.1 Å². The topological polar surface area (TPSA) is 116 Å². The summed E-state index contributed by atoms with van der Waals surface area (Å²) in [4.78, 5) is 25.0. The van der Waals surface area contributed by atoms with Crippen molar-refractivity contribution < 1.29 is 38.7 Å². The molecule has 0 spiro atoms. The summed E-state index contributed by atoms with van der Waals surface area (Å²) in [6.07, 6.45) is 0. The Morgan fingerprint density at radius 2 is 1.27 bits per heavy atom. The summed E-state index contributed by atoms with van der Waals surface area (Å²) in [5.41, 5.74) is 0.483. The number of hydrogen-bond acceptors (Lipinski definition) is 8. The number of ether oxygens (including phenoxy) is 4. The van der Waals surface area contributed by atoms with Crippen molar-refractivity contribution in [1.82, 2.24) is 4.57 Å². The summed E-state index contributed by atoms with van der Waals surface area (Å²) in [7, 11) is 1.60. The number of benzene rings is 2. The molecule has 3 rings (SSSR count). The molecule has 1 heterocycles. The summed E-state index contributed by atoms with van der Waals surface area (Å²) < 4.78 is 22.0. The molecule has 0 saturated heterocycles. The van der Waals surface area contributed by atoms with E-state index in [9.17, 15) is 19.8 Å². The molecule has 0 amide bonds.